The van der Waals surface area contributed by atoms with E-state index in [-0.39, 0.29) is 18.5 Å². The number of carbonyl (C=O) groups is 2. The Balaban J connectivity index is 1.44. The number of nitrogens with one attached hydrogen (secondary N) is 1. The van der Waals surface area contributed by atoms with Crippen LogP contribution in [-0.4, -0.2) is 29.9 Å². The molecular weight excluding hydrogens is 436 g/mol. The third-order valence-corrected chi connectivity index (χ3v) is 5.55. The molecule has 164 valence electrons. The van der Waals surface area contributed by atoms with Crippen molar-refractivity contribution in [2.24, 2.45) is 0 Å². The van der Waals surface area contributed by atoms with Crippen LogP contribution in [0, 0.1) is 11.6 Å². The van der Waals surface area contributed by atoms with Gasteiger partial charge in [0, 0.05) is 31.0 Å². The molecule has 0 bridgehead atoms. The van der Waals surface area contributed by atoms with Gasteiger partial charge in [-0.15, -0.1) is 0 Å². The van der Waals surface area contributed by atoms with Crippen molar-refractivity contribution in [3.63, 3.8) is 0 Å². The highest BCUT2D eigenvalue weighted by Gasteiger charge is 2.27. The lowest BCUT2D eigenvalue weighted by Gasteiger charge is -2.35. The molecule has 0 aromatic heterocycles. The SMILES string of the molecule is O=C(Nc1ccc(N2CCCN(Cc3ccc(F)c(F)c3)C2=O)cc1)c1ccccc1Cl. The number of hydrogen-bond donors (Lipinski definition) is 1. The highest BCUT2D eigenvalue weighted by molar-refractivity contribution is 6.34. The summed E-state index contributed by atoms with van der Waals surface area (Å²) < 4.78 is 26.7. The second-order valence-corrected chi connectivity index (χ2v) is 7.85. The zero-order valence-corrected chi connectivity index (χ0v) is 17.8. The molecule has 3 aromatic rings. The zero-order chi connectivity index (χ0) is 22.7. The summed E-state index contributed by atoms with van der Waals surface area (Å²) in [4.78, 5) is 28.6. The van der Waals surface area contributed by atoms with Crippen molar-refractivity contribution >= 4 is 34.9 Å². The predicted molar refractivity (Wildman–Crippen MR) is 120 cm³/mol. The molecule has 1 fully saturated rings. The van der Waals surface area contributed by atoms with E-state index in [0.29, 0.717) is 40.6 Å². The first kappa shape index (κ1) is 21.8. The molecular formula is C24H20ClF2N3O2. The number of urea groups is 1. The largest absolute Gasteiger partial charge is 0.324 e. The topological polar surface area (TPSA) is 52.7 Å². The summed E-state index contributed by atoms with van der Waals surface area (Å²) in [6, 6.07) is 17.1. The first-order chi connectivity index (χ1) is 15.4. The van der Waals surface area contributed by atoms with Gasteiger partial charge >= 0.3 is 6.03 Å². The number of halogens is 3. The van der Waals surface area contributed by atoms with Crippen LogP contribution < -0.4 is 10.2 Å². The van der Waals surface area contributed by atoms with Gasteiger partial charge < -0.3 is 10.2 Å². The van der Waals surface area contributed by atoms with Gasteiger partial charge in [-0.3, -0.25) is 9.69 Å². The molecule has 0 unspecified atom stereocenters. The maximum Gasteiger partial charge on any atom is 0.324 e. The Labute approximate surface area is 189 Å². The number of carbonyl (C=O) groups excluding carboxylic acids is 2. The molecule has 1 saturated heterocycles. The van der Waals surface area contributed by atoms with E-state index in [1.807, 2.05) is 0 Å². The van der Waals surface area contributed by atoms with Crippen LogP contribution in [0.2, 0.25) is 5.02 Å². The van der Waals surface area contributed by atoms with Crippen molar-refractivity contribution in [1.82, 2.24) is 4.90 Å². The number of amides is 3. The molecule has 3 aromatic carbocycles. The Morgan fingerprint density at radius 1 is 0.969 bits per heavy atom. The van der Waals surface area contributed by atoms with Crippen LogP contribution in [0.5, 0.6) is 0 Å². The zero-order valence-electron chi connectivity index (χ0n) is 17.0. The molecule has 8 heteroatoms. The number of nitrogens with zero attached hydrogens (tertiary/aromatic N) is 2. The Morgan fingerprint density at radius 3 is 2.44 bits per heavy atom. The highest BCUT2D eigenvalue weighted by atomic mass is 35.5. The van der Waals surface area contributed by atoms with E-state index < -0.39 is 11.6 Å². The van der Waals surface area contributed by atoms with Crippen LogP contribution in [0.15, 0.2) is 66.7 Å². The standard InChI is InChI=1S/C24H20ClF2N3O2/c25-20-5-2-1-4-19(20)23(31)28-17-7-9-18(10-8-17)30-13-3-12-29(24(30)32)15-16-6-11-21(26)22(27)14-16/h1-2,4-11,14H,3,12-13,15H2,(H,28,31). The van der Waals surface area contributed by atoms with Gasteiger partial charge in [0.2, 0.25) is 0 Å². The van der Waals surface area contributed by atoms with E-state index in [2.05, 4.69) is 5.32 Å². The van der Waals surface area contributed by atoms with Crippen LogP contribution >= 0.6 is 11.6 Å². The molecule has 5 nitrogen and oxygen atoms in total. The van der Waals surface area contributed by atoms with Gasteiger partial charge in [-0.05, 0) is 60.5 Å². The molecule has 1 aliphatic heterocycles. The first-order valence-electron chi connectivity index (χ1n) is 10.1. The fourth-order valence-corrected chi connectivity index (χ4v) is 3.82. The maximum atomic E-state index is 13.5. The Hall–Kier alpha value is -3.45. The van der Waals surface area contributed by atoms with Crippen molar-refractivity contribution in [3.8, 4) is 0 Å². The van der Waals surface area contributed by atoms with Gasteiger partial charge in [0.1, 0.15) is 0 Å². The molecule has 3 amide bonds. The first-order valence-corrected chi connectivity index (χ1v) is 10.5. The Morgan fingerprint density at radius 2 is 1.72 bits per heavy atom. The normalized spacial score (nSPS) is 13.9. The summed E-state index contributed by atoms with van der Waals surface area (Å²) in [5.41, 5.74) is 2.15. The second kappa shape index (κ2) is 9.36. The van der Waals surface area contributed by atoms with E-state index in [0.717, 1.165) is 18.6 Å². The summed E-state index contributed by atoms with van der Waals surface area (Å²) in [5.74, 6) is -2.17. The quantitative estimate of drug-likeness (QED) is 0.536. The molecule has 32 heavy (non-hydrogen) atoms. The van der Waals surface area contributed by atoms with Gasteiger partial charge in [0.25, 0.3) is 5.91 Å². The monoisotopic (exact) mass is 455 g/mol. The van der Waals surface area contributed by atoms with E-state index in [1.165, 1.54) is 6.07 Å². The number of hydrogen-bond acceptors (Lipinski definition) is 2. The third-order valence-electron chi connectivity index (χ3n) is 5.22. The average Bonchev–Trinajstić information content (AvgIpc) is 2.78. The molecule has 1 aliphatic rings. The average molecular weight is 456 g/mol. The van der Waals surface area contributed by atoms with Crippen molar-refractivity contribution in [1.29, 1.82) is 0 Å². The fraction of sp³-hybridized carbons (Fsp3) is 0.167. The van der Waals surface area contributed by atoms with Gasteiger partial charge in [-0.1, -0.05) is 29.8 Å². The highest BCUT2D eigenvalue weighted by Crippen LogP contribution is 2.24. The van der Waals surface area contributed by atoms with Crippen LogP contribution in [0.3, 0.4) is 0 Å². The van der Waals surface area contributed by atoms with Crippen molar-refractivity contribution in [3.05, 3.63) is 94.5 Å². The van der Waals surface area contributed by atoms with Crippen molar-refractivity contribution < 1.29 is 18.4 Å². The minimum Gasteiger partial charge on any atom is -0.322 e. The molecule has 0 spiro atoms. The molecule has 1 N–H and O–H groups in total. The lowest BCUT2D eigenvalue weighted by atomic mass is 10.1. The summed E-state index contributed by atoms with van der Waals surface area (Å²) in [5, 5.41) is 3.15. The lowest BCUT2D eigenvalue weighted by Crippen LogP contribution is -2.49. The van der Waals surface area contributed by atoms with Gasteiger partial charge in [-0.25, -0.2) is 13.6 Å². The van der Waals surface area contributed by atoms with E-state index in [4.69, 9.17) is 11.6 Å². The summed E-state index contributed by atoms with van der Waals surface area (Å²) in [6.07, 6.45) is 0.737. The summed E-state index contributed by atoms with van der Waals surface area (Å²) in [7, 11) is 0. The van der Waals surface area contributed by atoms with E-state index in [1.54, 1.807) is 58.3 Å². The van der Waals surface area contributed by atoms with Crippen LogP contribution in [-0.2, 0) is 6.54 Å². The van der Waals surface area contributed by atoms with E-state index >= 15 is 0 Å². The lowest BCUT2D eigenvalue weighted by molar-refractivity contribution is 0.102. The van der Waals surface area contributed by atoms with Gasteiger partial charge in [0.15, 0.2) is 11.6 Å². The van der Waals surface area contributed by atoms with E-state index in [9.17, 15) is 18.4 Å². The van der Waals surface area contributed by atoms with Crippen molar-refractivity contribution in [2.45, 2.75) is 13.0 Å². The second-order valence-electron chi connectivity index (χ2n) is 7.44. The summed E-state index contributed by atoms with van der Waals surface area (Å²) >= 11 is 6.07. The molecule has 0 radical (unpaired) electrons. The predicted octanol–water partition coefficient (Wildman–Crippen LogP) is 5.70. The molecule has 1 heterocycles. The minimum atomic E-state index is -0.932. The maximum absolute atomic E-state index is 13.5. The van der Waals surface area contributed by atoms with Gasteiger partial charge in [0.05, 0.1) is 10.6 Å². The number of rotatable bonds is 5. The molecule has 4 rings (SSSR count). The Bertz CT molecular complexity index is 1150. The molecule has 0 saturated carbocycles. The molecule has 0 atom stereocenters. The minimum absolute atomic E-state index is 0.193. The Kier molecular flexibility index (Phi) is 6.37. The summed E-state index contributed by atoms with van der Waals surface area (Å²) in [6.45, 7) is 1.26. The number of benzene rings is 3. The smallest absolute Gasteiger partial charge is 0.322 e. The van der Waals surface area contributed by atoms with Crippen LogP contribution in [0.25, 0.3) is 0 Å². The van der Waals surface area contributed by atoms with Crippen molar-refractivity contribution in [2.75, 3.05) is 23.3 Å². The third kappa shape index (κ3) is 4.73. The number of anilines is 2. The fourth-order valence-electron chi connectivity index (χ4n) is 3.59. The van der Waals surface area contributed by atoms with Crippen LogP contribution in [0.1, 0.15) is 22.3 Å². The molecule has 0 aliphatic carbocycles. The van der Waals surface area contributed by atoms with Crippen LogP contribution in [0.4, 0.5) is 25.0 Å². The van der Waals surface area contributed by atoms with Gasteiger partial charge in [-0.2, -0.15) is 0 Å².